The molecule has 2 nitrogen and oxygen atoms in total. The van der Waals surface area contributed by atoms with E-state index in [2.05, 4.69) is 44.7 Å². The number of unbranched alkanes of at least 4 members (excludes halogenated alkanes) is 26. The van der Waals surface area contributed by atoms with Crippen LogP contribution in [0.3, 0.4) is 0 Å². The van der Waals surface area contributed by atoms with Crippen molar-refractivity contribution in [3.05, 3.63) is 18.2 Å². The lowest BCUT2D eigenvalue weighted by Gasteiger charge is -2.22. The fraction of sp³-hybridized carbons (Fsp3) is 0.927. The third-order valence-electron chi connectivity index (χ3n) is 10.1. The molecule has 43 heavy (non-hydrogen) atoms. The summed E-state index contributed by atoms with van der Waals surface area (Å²) in [5, 5.41) is 0. The molecule has 2 unspecified atom stereocenters. The van der Waals surface area contributed by atoms with Crippen LogP contribution in [0, 0.1) is 0 Å². The molecule has 0 saturated heterocycles. The van der Waals surface area contributed by atoms with Crippen molar-refractivity contribution in [2.75, 3.05) is 0 Å². The number of hydrogen-bond acceptors (Lipinski definition) is 1. The molecule has 0 aliphatic rings. The van der Waals surface area contributed by atoms with Crippen LogP contribution >= 0.6 is 0 Å². The van der Waals surface area contributed by atoms with Gasteiger partial charge in [0.1, 0.15) is 5.82 Å². The summed E-state index contributed by atoms with van der Waals surface area (Å²) in [5.74, 6) is 2.06. The molecule has 0 fully saturated rings. The maximum absolute atomic E-state index is 5.00. The second-order valence-corrected chi connectivity index (χ2v) is 14.3. The van der Waals surface area contributed by atoms with Crippen LogP contribution in [0.5, 0.6) is 0 Å². The second kappa shape index (κ2) is 31.2. The minimum atomic E-state index is 0.588. The smallest absolute Gasteiger partial charge is 0.111 e. The number of hydrogen-bond donors (Lipinski definition) is 0. The molecule has 2 heteroatoms. The molecule has 1 aromatic rings. The first-order valence-electron chi connectivity index (χ1n) is 20.3. The summed E-state index contributed by atoms with van der Waals surface area (Å²) in [5.41, 5.74) is 0. The molecule has 0 bridgehead atoms. The van der Waals surface area contributed by atoms with E-state index >= 15 is 0 Å². The Labute approximate surface area is 272 Å². The molecule has 1 rings (SSSR count). The van der Waals surface area contributed by atoms with Crippen molar-refractivity contribution in [3.63, 3.8) is 0 Å². The first-order chi connectivity index (χ1) is 21.2. The summed E-state index contributed by atoms with van der Waals surface area (Å²) in [6, 6.07) is 0.588. The van der Waals surface area contributed by atoms with Crippen LogP contribution in [0.4, 0.5) is 0 Å². The monoisotopic (exact) mass is 601 g/mol. The van der Waals surface area contributed by atoms with Crippen molar-refractivity contribution in [3.8, 4) is 0 Å². The van der Waals surface area contributed by atoms with Gasteiger partial charge in [0.25, 0.3) is 0 Å². The van der Waals surface area contributed by atoms with E-state index in [0.29, 0.717) is 12.0 Å². The minimum absolute atomic E-state index is 0.588. The summed E-state index contributed by atoms with van der Waals surface area (Å²) in [6.45, 7) is 9.37. The lowest BCUT2D eigenvalue weighted by molar-refractivity contribution is 0.413. The average molecular weight is 601 g/mol. The third-order valence-corrected chi connectivity index (χ3v) is 10.1. The minimum Gasteiger partial charge on any atom is -0.332 e. The van der Waals surface area contributed by atoms with Crippen molar-refractivity contribution in [2.45, 2.75) is 245 Å². The van der Waals surface area contributed by atoms with Gasteiger partial charge in [0, 0.05) is 24.4 Å². The van der Waals surface area contributed by atoms with E-state index in [1.54, 1.807) is 0 Å². The molecule has 0 N–H and O–H groups in total. The maximum Gasteiger partial charge on any atom is 0.111 e. The number of rotatable bonds is 34. The fourth-order valence-corrected chi connectivity index (χ4v) is 7.06. The van der Waals surface area contributed by atoms with Gasteiger partial charge in [-0.05, 0) is 26.2 Å². The zero-order valence-electron chi connectivity index (χ0n) is 30.3. The molecule has 0 aliphatic heterocycles. The Morgan fingerprint density at radius 2 is 0.744 bits per heavy atom. The lowest BCUT2D eigenvalue weighted by atomic mass is 9.92. The zero-order valence-corrected chi connectivity index (χ0v) is 30.3. The summed E-state index contributed by atoms with van der Waals surface area (Å²) < 4.78 is 2.57. The molecule has 0 saturated carbocycles. The Morgan fingerprint density at radius 1 is 0.442 bits per heavy atom. The molecule has 0 amide bonds. The van der Waals surface area contributed by atoms with Crippen molar-refractivity contribution in [1.82, 2.24) is 9.55 Å². The van der Waals surface area contributed by atoms with Gasteiger partial charge >= 0.3 is 0 Å². The highest BCUT2D eigenvalue weighted by Crippen LogP contribution is 2.31. The number of imidazole rings is 1. The molecule has 0 aliphatic carbocycles. The molecule has 1 aromatic heterocycles. The van der Waals surface area contributed by atoms with E-state index in [1.807, 2.05) is 0 Å². The first-order valence-corrected chi connectivity index (χ1v) is 20.3. The normalized spacial score (nSPS) is 13.1. The Bertz CT molecular complexity index is 664. The second-order valence-electron chi connectivity index (χ2n) is 14.3. The van der Waals surface area contributed by atoms with Crippen LogP contribution in [-0.4, -0.2) is 9.55 Å². The van der Waals surface area contributed by atoms with E-state index in [1.165, 1.54) is 211 Å². The van der Waals surface area contributed by atoms with Crippen LogP contribution in [-0.2, 0) is 0 Å². The predicted octanol–water partition coefficient (Wildman–Crippen LogP) is 15.1. The Hall–Kier alpha value is -0.790. The SMILES string of the molecule is CCCCCCCCCCCCCCCC(CCCCCCCCCCCCCC)c1nccn1C(C)CCCCCC. The summed E-state index contributed by atoms with van der Waals surface area (Å²) in [6.07, 6.45) is 49.7. The van der Waals surface area contributed by atoms with Gasteiger partial charge in [0.2, 0.25) is 0 Å². The van der Waals surface area contributed by atoms with Crippen LogP contribution < -0.4 is 0 Å². The highest BCUT2D eigenvalue weighted by atomic mass is 15.1. The molecule has 254 valence electrons. The van der Waals surface area contributed by atoms with E-state index < -0.39 is 0 Å². The van der Waals surface area contributed by atoms with Crippen molar-refractivity contribution in [2.24, 2.45) is 0 Å². The fourth-order valence-electron chi connectivity index (χ4n) is 7.06. The molecular formula is C41H80N2. The zero-order chi connectivity index (χ0) is 31.1. The van der Waals surface area contributed by atoms with E-state index in [9.17, 15) is 0 Å². The van der Waals surface area contributed by atoms with Gasteiger partial charge in [0.15, 0.2) is 0 Å². The van der Waals surface area contributed by atoms with E-state index in [4.69, 9.17) is 4.98 Å². The van der Waals surface area contributed by atoms with Gasteiger partial charge < -0.3 is 4.57 Å². The Kier molecular flexibility index (Phi) is 29.2. The van der Waals surface area contributed by atoms with Crippen LogP contribution in [0.1, 0.15) is 251 Å². The predicted molar refractivity (Wildman–Crippen MR) is 194 cm³/mol. The summed E-state index contributed by atoms with van der Waals surface area (Å²) in [4.78, 5) is 5.00. The molecule has 2 atom stereocenters. The summed E-state index contributed by atoms with van der Waals surface area (Å²) >= 11 is 0. The first kappa shape index (κ1) is 40.2. The maximum atomic E-state index is 5.00. The molecular weight excluding hydrogens is 520 g/mol. The van der Waals surface area contributed by atoms with E-state index in [-0.39, 0.29) is 0 Å². The van der Waals surface area contributed by atoms with Crippen LogP contribution in [0.2, 0.25) is 0 Å². The Morgan fingerprint density at radius 3 is 1.12 bits per heavy atom. The van der Waals surface area contributed by atoms with Crippen molar-refractivity contribution in [1.29, 1.82) is 0 Å². The van der Waals surface area contributed by atoms with Gasteiger partial charge in [-0.3, -0.25) is 0 Å². The van der Waals surface area contributed by atoms with Gasteiger partial charge in [-0.25, -0.2) is 4.98 Å². The Balaban J connectivity index is 2.35. The molecule has 0 spiro atoms. The highest BCUT2D eigenvalue weighted by Gasteiger charge is 2.19. The number of aromatic nitrogens is 2. The van der Waals surface area contributed by atoms with Gasteiger partial charge in [0.05, 0.1) is 0 Å². The topological polar surface area (TPSA) is 17.8 Å². The largest absolute Gasteiger partial charge is 0.332 e. The van der Waals surface area contributed by atoms with Gasteiger partial charge in [-0.1, -0.05) is 207 Å². The van der Waals surface area contributed by atoms with Crippen LogP contribution in [0.15, 0.2) is 12.4 Å². The standard InChI is InChI=1S/C41H80N2/c1-5-8-11-14-16-18-20-22-24-26-28-30-33-36-40(35-32-29-27-25-23-21-19-17-15-12-9-6-2)41-42-37-38-43(41)39(4)34-31-13-10-7-3/h37-40H,5-36H2,1-4H3. The number of nitrogens with zero attached hydrogens (tertiary/aromatic N) is 2. The van der Waals surface area contributed by atoms with Crippen molar-refractivity contribution < 1.29 is 0 Å². The van der Waals surface area contributed by atoms with Gasteiger partial charge in [-0.2, -0.15) is 0 Å². The van der Waals surface area contributed by atoms with Crippen LogP contribution in [0.25, 0.3) is 0 Å². The van der Waals surface area contributed by atoms with Gasteiger partial charge in [-0.15, -0.1) is 0 Å². The molecule has 0 radical (unpaired) electrons. The summed E-state index contributed by atoms with van der Waals surface area (Å²) in [7, 11) is 0. The molecule has 0 aromatic carbocycles. The van der Waals surface area contributed by atoms with Crippen molar-refractivity contribution >= 4 is 0 Å². The third kappa shape index (κ3) is 23.2. The average Bonchev–Trinajstić information content (AvgIpc) is 3.51. The molecule has 1 heterocycles. The lowest BCUT2D eigenvalue weighted by Crippen LogP contribution is -2.13. The van der Waals surface area contributed by atoms with E-state index in [0.717, 1.165) is 0 Å². The quantitative estimate of drug-likeness (QED) is 0.0719. The highest BCUT2D eigenvalue weighted by molar-refractivity contribution is 5.02.